The Hall–Kier alpha value is -0.460. The van der Waals surface area contributed by atoms with Gasteiger partial charge in [0.05, 0.1) is 12.2 Å². The molecule has 2 saturated heterocycles. The second-order valence-corrected chi connectivity index (χ2v) is 6.64. The molecule has 4 heteroatoms. The van der Waals surface area contributed by atoms with Gasteiger partial charge in [0.1, 0.15) is 0 Å². The Labute approximate surface area is 126 Å². The quantitative estimate of drug-likeness (QED) is 0.592. The molecule has 1 aromatic carbocycles. The molecule has 2 atom stereocenters. The van der Waals surface area contributed by atoms with E-state index >= 15 is 0 Å². The average molecular weight is 372 g/mol. The number of hydrogen-bond donors (Lipinski definition) is 0. The molecule has 2 heterocycles. The van der Waals surface area contributed by atoms with Crippen LogP contribution in [0.15, 0.2) is 24.3 Å². The summed E-state index contributed by atoms with van der Waals surface area (Å²) in [6, 6.07) is 7.83. The number of Topliss-reactive ketones (excluding diaryl/α,β-unsaturated/α-hetero) is 1. The molecule has 2 aliphatic heterocycles. The summed E-state index contributed by atoms with van der Waals surface area (Å²) in [5.74, 6) is 0.335. The van der Waals surface area contributed by atoms with Crippen molar-refractivity contribution in [3.05, 3.63) is 33.4 Å². The second kappa shape index (κ2) is 5.50. The van der Waals surface area contributed by atoms with Crippen molar-refractivity contribution in [2.75, 3.05) is 19.8 Å². The van der Waals surface area contributed by atoms with Crippen molar-refractivity contribution in [2.24, 2.45) is 5.92 Å². The molecule has 2 unspecified atom stereocenters. The third-order valence-corrected chi connectivity index (χ3v) is 4.78. The Morgan fingerprint density at radius 3 is 2.74 bits per heavy atom. The first-order chi connectivity index (χ1) is 9.19. The van der Waals surface area contributed by atoms with E-state index in [4.69, 9.17) is 9.47 Å². The minimum Gasteiger partial charge on any atom is -0.378 e. The Morgan fingerprint density at radius 2 is 2.05 bits per heavy atom. The lowest BCUT2D eigenvalue weighted by Crippen LogP contribution is -2.42. The van der Waals surface area contributed by atoms with E-state index in [0.29, 0.717) is 13.2 Å². The van der Waals surface area contributed by atoms with E-state index in [0.717, 1.165) is 35.0 Å². The predicted octanol–water partition coefficient (Wildman–Crippen LogP) is 3.06. The number of halogens is 1. The summed E-state index contributed by atoms with van der Waals surface area (Å²) in [7, 11) is 0. The van der Waals surface area contributed by atoms with Crippen molar-refractivity contribution in [2.45, 2.75) is 24.9 Å². The topological polar surface area (TPSA) is 35.5 Å². The molecule has 2 aliphatic rings. The molecule has 0 radical (unpaired) electrons. The van der Waals surface area contributed by atoms with Crippen LogP contribution in [0, 0.1) is 9.49 Å². The van der Waals surface area contributed by atoms with Gasteiger partial charge in [-0.1, -0.05) is 12.1 Å². The summed E-state index contributed by atoms with van der Waals surface area (Å²) in [5, 5.41) is 0. The highest BCUT2D eigenvalue weighted by Crippen LogP contribution is 2.37. The number of ether oxygens (including phenoxy) is 2. The number of carbonyl (C=O) groups is 1. The van der Waals surface area contributed by atoms with Gasteiger partial charge in [0.25, 0.3) is 0 Å². The van der Waals surface area contributed by atoms with E-state index in [9.17, 15) is 4.79 Å². The molecule has 0 saturated carbocycles. The fourth-order valence-electron chi connectivity index (χ4n) is 2.96. The molecule has 1 spiro atoms. The molecule has 2 fully saturated rings. The average Bonchev–Trinajstić information content (AvgIpc) is 2.87. The molecule has 1 aromatic rings. The Kier molecular flexibility index (Phi) is 3.91. The van der Waals surface area contributed by atoms with Gasteiger partial charge in [-0.25, -0.2) is 0 Å². The Bertz CT molecular complexity index is 463. The molecule has 0 aromatic heterocycles. The molecule has 0 N–H and O–H groups in total. The van der Waals surface area contributed by atoms with Crippen LogP contribution in [0.1, 0.15) is 29.6 Å². The summed E-state index contributed by atoms with van der Waals surface area (Å²) < 4.78 is 12.5. The first-order valence-electron chi connectivity index (χ1n) is 6.70. The monoisotopic (exact) mass is 372 g/mol. The first-order valence-corrected chi connectivity index (χ1v) is 7.78. The zero-order chi connectivity index (χ0) is 13.3. The lowest BCUT2D eigenvalue weighted by atomic mass is 9.81. The molecule has 0 amide bonds. The van der Waals surface area contributed by atoms with Gasteiger partial charge in [0.2, 0.25) is 0 Å². The van der Waals surface area contributed by atoms with Gasteiger partial charge in [0, 0.05) is 34.7 Å². The van der Waals surface area contributed by atoms with Gasteiger partial charge in [-0.3, -0.25) is 4.79 Å². The number of hydrogen-bond acceptors (Lipinski definition) is 3. The third kappa shape index (κ3) is 2.85. The highest BCUT2D eigenvalue weighted by atomic mass is 127. The Morgan fingerprint density at radius 1 is 1.26 bits per heavy atom. The zero-order valence-corrected chi connectivity index (χ0v) is 12.9. The van der Waals surface area contributed by atoms with E-state index in [1.165, 1.54) is 0 Å². The maximum absolute atomic E-state index is 12.6. The number of benzene rings is 1. The lowest BCUT2D eigenvalue weighted by molar-refractivity contribution is -0.0920. The van der Waals surface area contributed by atoms with Crippen LogP contribution in [0.3, 0.4) is 0 Å². The molecular weight excluding hydrogens is 355 g/mol. The minimum absolute atomic E-state index is 0.0792. The number of rotatable bonds is 2. The predicted molar refractivity (Wildman–Crippen MR) is 80.3 cm³/mol. The van der Waals surface area contributed by atoms with Crippen LogP contribution in [0.4, 0.5) is 0 Å². The van der Waals surface area contributed by atoms with E-state index in [1.54, 1.807) is 0 Å². The van der Waals surface area contributed by atoms with Gasteiger partial charge in [-0.2, -0.15) is 0 Å². The van der Waals surface area contributed by atoms with Crippen LogP contribution in [-0.2, 0) is 9.47 Å². The molecule has 0 bridgehead atoms. The smallest absolute Gasteiger partial charge is 0.166 e. The van der Waals surface area contributed by atoms with Crippen molar-refractivity contribution >= 4 is 28.4 Å². The van der Waals surface area contributed by atoms with Gasteiger partial charge in [0.15, 0.2) is 5.78 Å². The maximum Gasteiger partial charge on any atom is 0.166 e. The van der Waals surface area contributed by atoms with Crippen molar-refractivity contribution in [3.63, 3.8) is 0 Å². The van der Waals surface area contributed by atoms with Crippen LogP contribution >= 0.6 is 22.6 Å². The minimum atomic E-state index is -0.193. The SMILES string of the molecule is O=C(c1ccc(I)cc1)C1CCOC2(CCOC2)C1. The number of carbonyl (C=O) groups excluding carboxylic acids is 1. The van der Waals surface area contributed by atoms with Gasteiger partial charge >= 0.3 is 0 Å². The molecular formula is C15H17IO3. The van der Waals surface area contributed by atoms with E-state index in [-0.39, 0.29) is 17.3 Å². The van der Waals surface area contributed by atoms with Crippen LogP contribution in [0.5, 0.6) is 0 Å². The van der Waals surface area contributed by atoms with E-state index in [1.807, 2.05) is 24.3 Å². The molecule has 3 nitrogen and oxygen atoms in total. The summed E-state index contributed by atoms with van der Waals surface area (Å²) in [4.78, 5) is 12.6. The molecule has 102 valence electrons. The standard InChI is InChI=1S/C15H17IO3/c16-13-3-1-11(2-4-13)14(17)12-5-7-19-15(9-12)6-8-18-10-15/h1-4,12H,5-10H2. The van der Waals surface area contributed by atoms with Crippen LogP contribution in [0.25, 0.3) is 0 Å². The summed E-state index contributed by atoms with van der Waals surface area (Å²) in [6.07, 6.45) is 2.55. The van der Waals surface area contributed by atoms with Crippen LogP contribution in [-0.4, -0.2) is 31.2 Å². The molecule has 3 rings (SSSR count). The van der Waals surface area contributed by atoms with Gasteiger partial charge in [-0.15, -0.1) is 0 Å². The largest absolute Gasteiger partial charge is 0.378 e. The Balaban J connectivity index is 1.74. The second-order valence-electron chi connectivity index (χ2n) is 5.39. The van der Waals surface area contributed by atoms with Crippen LogP contribution < -0.4 is 0 Å². The third-order valence-electron chi connectivity index (χ3n) is 4.06. The van der Waals surface area contributed by atoms with E-state index < -0.39 is 0 Å². The summed E-state index contributed by atoms with van der Waals surface area (Å²) in [5.41, 5.74) is 0.628. The summed E-state index contributed by atoms with van der Waals surface area (Å²) in [6.45, 7) is 2.07. The van der Waals surface area contributed by atoms with Crippen molar-refractivity contribution in [3.8, 4) is 0 Å². The van der Waals surface area contributed by atoms with Gasteiger partial charge in [-0.05, 0) is 47.6 Å². The van der Waals surface area contributed by atoms with Crippen molar-refractivity contribution in [1.29, 1.82) is 0 Å². The van der Waals surface area contributed by atoms with Crippen molar-refractivity contribution in [1.82, 2.24) is 0 Å². The number of ketones is 1. The van der Waals surface area contributed by atoms with Crippen LogP contribution in [0.2, 0.25) is 0 Å². The molecule has 0 aliphatic carbocycles. The fraction of sp³-hybridized carbons (Fsp3) is 0.533. The zero-order valence-electron chi connectivity index (χ0n) is 10.7. The highest BCUT2D eigenvalue weighted by Gasteiger charge is 2.42. The first kappa shape index (κ1) is 13.5. The van der Waals surface area contributed by atoms with E-state index in [2.05, 4.69) is 22.6 Å². The fourth-order valence-corrected chi connectivity index (χ4v) is 3.32. The molecule has 19 heavy (non-hydrogen) atoms. The van der Waals surface area contributed by atoms with Gasteiger partial charge < -0.3 is 9.47 Å². The van der Waals surface area contributed by atoms with Crippen molar-refractivity contribution < 1.29 is 14.3 Å². The normalized spacial score (nSPS) is 30.7. The lowest BCUT2D eigenvalue weighted by Gasteiger charge is -2.36. The summed E-state index contributed by atoms with van der Waals surface area (Å²) >= 11 is 2.25. The maximum atomic E-state index is 12.6. The highest BCUT2D eigenvalue weighted by molar-refractivity contribution is 14.1.